The molecule has 1 N–H and O–H groups in total. The van der Waals surface area contributed by atoms with Gasteiger partial charge >= 0.3 is 0 Å². The van der Waals surface area contributed by atoms with Gasteiger partial charge in [0.05, 0.1) is 0 Å². The second-order valence-electron chi connectivity index (χ2n) is 6.46. The minimum Gasteiger partial charge on any atom is -0.314 e. The number of likely N-dealkylation sites (N-methyl/N-ethyl adjacent to an activating group) is 1. The Morgan fingerprint density at radius 2 is 1.82 bits per heavy atom. The van der Waals surface area contributed by atoms with Crippen LogP contribution in [0.5, 0.6) is 0 Å². The fourth-order valence-corrected chi connectivity index (χ4v) is 3.62. The molecular weight excluding hydrogens is 296 g/mol. The first-order valence-corrected chi connectivity index (χ1v) is 8.71. The van der Waals surface area contributed by atoms with Crippen molar-refractivity contribution in [3.05, 3.63) is 34.9 Å². The number of piperazine rings is 2. The van der Waals surface area contributed by atoms with Gasteiger partial charge in [-0.25, -0.2) is 0 Å². The molecule has 2 saturated heterocycles. The van der Waals surface area contributed by atoms with Crippen molar-refractivity contribution in [2.75, 3.05) is 66.0 Å². The Labute approximate surface area is 139 Å². The Hall–Kier alpha value is -0.650. The lowest BCUT2D eigenvalue weighted by Crippen LogP contribution is -2.51. The molecule has 1 aromatic rings. The summed E-state index contributed by atoms with van der Waals surface area (Å²) in [6, 6.07) is 8.88. The van der Waals surface area contributed by atoms with Crippen LogP contribution in [0, 0.1) is 0 Å². The quantitative estimate of drug-likeness (QED) is 0.907. The zero-order valence-electron chi connectivity index (χ0n) is 13.5. The highest BCUT2D eigenvalue weighted by molar-refractivity contribution is 6.30. The Balaban J connectivity index is 1.75. The van der Waals surface area contributed by atoms with Crippen LogP contribution in [0.2, 0.25) is 5.02 Å². The molecule has 2 aliphatic heterocycles. The molecule has 122 valence electrons. The van der Waals surface area contributed by atoms with E-state index in [1.807, 2.05) is 6.07 Å². The number of rotatable bonds is 4. The van der Waals surface area contributed by atoms with Crippen molar-refractivity contribution < 1.29 is 0 Å². The molecule has 5 heteroatoms. The van der Waals surface area contributed by atoms with Crippen molar-refractivity contribution in [1.29, 1.82) is 0 Å². The first-order valence-electron chi connectivity index (χ1n) is 8.33. The highest BCUT2D eigenvalue weighted by Crippen LogP contribution is 2.25. The van der Waals surface area contributed by atoms with Crippen LogP contribution in [-0.2, 0) is 0 Å². The maximum atomic E-state index is 6.24. The average molecular weight is 323 g/mol. The van der Waals surface area contributed by atoms with Crippen molar-refractivity contribution in [1.82, 2.24) is 20.0 Å². The average Bonchev–Trinajstić information content (AvgIpc) is 2.55. The largest absolute Gasteiger partial charge is 0.314 e. The third kappa shape index (κ3) is 4.21. The van der Waals surface area contributed by atoms with Crippen molar-refractivity contribution in [2.24, 2.45) is 0 Å². The summed E-state index contributed by atoms with van der Waals surface area (Å²) in [6.45, 7) is 10.2. The Morgan fingerprint density at radius 1 is 1.09 bits per heavy atom. The lowest BCUT2D eigenvalue weighted by atomic mass is 10.0. The van der Waals surface area contributed by atoms with E-state index in [-0.39, 0.29) is 0 Å². The number of hydrogen-bond donors (Lipinski definition) is 1. The minimum atomic E-state index is 0.450. The zero-order chi connectivity index (χ0) is 15.4. The lowest BCUT2D eigenvalue weighted by molar-refractivity contribution is 0.0816. The normalized spacial score (nSPS) is 23.5. The standard InChI is InChI=1S/C17H27ClN4/c1-20-9-11-22(12-10-20)17(14-21-7-5-19-6-8-21)15-3-2-4-16(18)13-15/h2-4,13,17,19H,5-12,14H2,1H3/t17-/m1/s1. The molecular formula is C17H27ClN4. The van der Waals surface area contributed by atoms with E-state index in [0.29, 0.717) is 6.04 Å². The molecule has 2 aliphatic rings. The van der Waals surface area contributed by atoms with Crippen LogP contribution in [0.3, 0.4) is 0 Å². The van der Waals surface area contributed by atoms with Crippen LogP contribution in [0.15, 0.2) is 24.3 Å². The first-order chi connectivity index (χ1) is 10.7. The van der Waals surface area contributed by atoms with Gasteiger partial charge in [-0.05, 0) is 24.7 Å². The summed E-state index contributed by atoms with van der Waals surface area (Å²) in [6.07, 6.45) is 0. The fraction of sp³-hybridized carbons (Fsp3) is 0.647. The highest BCUT2D eigenvalue weighted by Gasteiger charge is 2.26. The number of hydrogen-bond acceptors (Lipinski definition) is 4. The van der Waals surface area contributed by atoms with Gasteiger partial charge in [0, 0.05) is 70.0 Å². The number of nitrogens with zero attached hydrogens (tertiary/aromatic N) is 3. The van der Waals surface area contributed by atoms with Gasteiger partial charge in [0.25, 0.3) is 0 Å². The number of halogens is 1. The zero-order valence-corrected chi connectivity index (χ0v) is 14.2. The molecule has 4 nitrogen and oxygen atoms in total. The summed E-state index contributed by atoms with van der Waals surface area (Å²) in [4.78, 5) is 7.63. The fourth-order valence-electron chi connectivity index (χ4n) is 3.42. The van der Waals surface area contributed by atoms with Crippen molar-refractivity contribution in [2.45, 2.75) is 6.04 Å². The smallest absolute Gasteiger partial charge is 0.0476 e. The van der Waals surface area contributed by atoms with Gasteiger partial charge in [0.2, 0.25) is 0 Å². The van der Waals surface area contributed by atoms with Crippen molar-refractivity contribution in [3.8, 4) is 0 Å². The molecule has 0 saturated carbocycles. The third-order valence-corrected chi connectivity index (χ3v) is 5.09. The van der Waals surface area contributed by atoms with Gasteiger partial charge in [0.15, 0.2) is 0 Å². The van der Waals surface area contributed by atoms with E-state index in [1.54, 1.807) is 0 Å². The van der Waals surface area contributed by atoms with Crippen LogP contribution in [0.1, 0.15) is 11.6 Å². The summed E-state index contributed by atoms with van der Waals surface area (Å²) < 4.78 is 0. The van der Waals surface area contributed by atoms with Crippen LogP contribution < -0.4 is 5.32 Å². The van der Waals surface area contributed by atoms with Gasteiger partial charge in [-0.1, -0.05) is 23.7 Å². The molecule has 2 heterocycles. The van der Waals surface area contributed by atoms with Gasteiger partial charge in [-0.2, -0.15) is 0 Å². The topological polar surface area (TPSA) is 21.8 Å². The molecule has 1 aromatic carbocycles. The van der Waals surface area contributed by atoms with Crippen molar-refractivity contribution >= 4 is 11.6 Å². The summed E-state index contributed by atoms with van der Waals surface area (Å²) in [5.74, 6) is 0. The van der Waals surface area contributed by atoms with E-state index in [1.165, 1.54) is 5.56 Å². The molecule has 3 rings (SSSR count). The second-order valence-corrected chi connectivity index (χ2v) is 6.90. The van der Waals surface area contributed by atoms with E-state index in [9.17, 15) is 0 Å². The maximum Gasteiger partial charge on any atom is 0.0476 e. The van der Waals surface area contributed by atoms with Gasteiger partial charge in [0.1, 0.15) is 0 Å². The Bertz CT molecular complexity index is 467. The van der Waals surface area contributed by atoms with Crippen molar-refractivity contribution in [3.63, 3.8) is 0 Å². The predicted octanol–water partition coefficient (Wildman–Crippen LogP) is 1.53. The molecule has 0 bridgehead atoms. The third-order valence-electron chi connectivity index (χ3n) is 4.85. The molecule has 2 fully saturated rings. The van der Waals surface area contributed by atoms with E-state index in [4.69, 9.17) is 11.6 Å². The van der Waals surface area contributed by atoms with Gasteiger partial charge in [-0.3, -0.25) is 9.80 Å². The SMILES string of the molecule is CN1CCN([C@H](CN2CCNCC2)c2cccc(Cl)c2)CC1. The summed E-state index contributed by atoms with van der Waals surface area (Å²) in [5, 5.41) is 4.28. The molecule has 22 heavy (non-hydrogen) atoms. The first kappa shape index (κ1) is 16.2. The maximum absolute atomic E-state index is 6.24. The Kier molecular flexibility index (Phi) is 5.71. The predicted molar refractivity (Wildman–Crippen MR) is 92.6 cm³/mol. The minimum absolute atomic E-state index is 0.450. The van der Waals surface area contributed by atoms with Gasteiger partial charge in [-0.15, -0.1) is 0 Å². The van der Waals surface area contributed by atoms with Crippen LogP contribution in [-0.4, -0.2) is 80.7 Å². The van der Waals surface area contributed by atoms with E-state index >= 15 is 0 Å². The molecule has 0 unspecified atom stereocenters. The molecule has 0 spiro atoms. The number of benzene rings is 1. The number of nitrogens with one attached hydrogen (secondary N) is 1. The van der Waals surface area contributed by atoms with E-state index in [2.05, 4.69) is 45.3 Å². The highest BCUT2D eigenvalue weighted by atomic mass is 35.5. The molecule has 1 atom stereocenters. The lowest BCUT2D eigenvalue weighted by Gasteiger charge is -2.41. The van der Waals surface area contributed by atoms with Gasteiger partial charge < -0.3 is 10.2 Å². The second kappa shape index (κ2) is 7.75. The summed E-state index contributed by atoms with van der Waals surface area (Å²) in [5.41, 5.74) is 1.36. The molecule has 0 aliphatic carbocycles. The van der Waals surface area contributed by atoms with E-state index < -0.39 is 0 Å². The van der Waals surface area contributed by atoms with Crippen LogP contribution in [0.4, 0.5) is 0 Å². The monoisotopic (exact) mass is 322 g/mol. The van der Waals surface area contributed by atoms with E-state index in [0.717, 1.165) is 63.9 Å². The Morgan fingerprint density at radius 3 is 2.50 bits per heavy atom. The molecule has 0 aromatic heterocycles. The molecule has 0 radical (unpaired) electrons. The van der Waals surface area contributed by atoms with Crippen LogP contribution in [0.25, 0.3) is 0 Å². The summed E-state index contributed by atoms with van der Waals surface area (Å²) in [7, 11) is 2.21. The molecule has 0 amide bonds. The summed E-state index contributed by atoms with van der Waals surface area (Å²) >= 11 is 6.24. The van der Waals surface area contributed by atoms with Crippen LogP contribution >= 0.6 is 11.6 Å².